The number of carbonyl (C=O) groups is 2. The monoisotopic (exact) mass is 410 g/mol. The maximum atomic E-state index is 13.6. The Labute approximate surface area is 177 Å². The van der Waals surface area contributed by atoms with Crippen LogP contribution in [0.15, 0.2) is 71.5 Å². The van der Waals surface area contributed by atoms with Crippen LogP contribution in [0.25, 0.3) is 22.0 Å². The lowest BCUT2D eigenvalue weighted by Gasteiger charge is -2.25. The second-order valence-corrected chi connectivity index (χ2v) is 7.41. The quantitative estimate of drug-likeness (QED) is 0.446. The summed E-state index contributed by atoms with van der Waals surface area (Å²) in [5.41, 5.74) is 3.55. The zero-order valence-corrected chi connectivity index (χ0v) is 16.9. The largest absolute Gasteiger partial charge is 0.420 e. The van der Waals surface area contributed by atoms with Crippen LogP contribution < -0.4 is 15.6 Å². The third kappa shape index (κ3) is 2.84. The SMILES string of the molecule is CC(=O)Oc1c2c3c(c(Nc4ccccc4)ccc3n(C)c1=O)C(=O)c1ccccc1-2. The number of pyridine rings is 1. The molecule has 0 radical (unpaired) electrons. The number of esters is 1. The van der Waals surface area contributed by atoms with Crippen LogP contribution in [-0.2, 0) is 11.8 Å². The van der Waals surface area contributed by atoms with E-state index < -0.39 is 11.5 Å². The lowest BCUT2D eigenvalue weighted by Crippen LogP contribution is -2.25. The molecule has 1 aromatic heterocycles. The average Bonchev–Trinajstić information content (AvgIpc) is 2.77. The number of ketones is 1. The molecular formula is C25H18N2O4. The van der Waals surface area contributed by atoms with Gasteiger partial charge in [0.15, 0.2) is 5.78 Å². The third-order valence-corrected chi connectivity index (χ3v) is 5.49. The fourth-order valence-corrected chi connectivity index (χ4v) is 4.15. The molecule has 0 saturated carbocycles. The number of anilines is 2. The van der Waals surface area contributed by atoms with E-state index in [-0.39, 0.29) is 11.5 Å². The Morgan fingerprint density at radius 2 is 1.55 bits per heavy atom. The van der Waals surface area contributed by atoms with E-state index in [4.69, 9.17) is 4.74 Å². The van der Waals surface area contributed by atoms with Gasteiger partial charge < -0.3 is 14.6 Å². The first-order chi connectivity index (χ1) is 15.0. The van der Waals surface area contributed by atoms with Crippen molar-refractivity contribution >= 4 is 34.0 Å². The van der Waals surface area contributed by atoms with Crippen molar-refractivity contribution in [1.82, 2.24) is 4.57 Å². The summed E-state index contributed by atoms with van der Waals surface area (Å²) in [7, 11) is 1.60. The fraction of sp³-hybridized carbons (Fsp3) is 0.0800. The highest BCUT2D eigenvalue weighted by molar-refractivity contribution is 6.29. The summed E-state index contributed by atoms with van der Waals surface area (Å²) in [6.07, 6.45) is 0. The summed E-state index contributed by atoms with van der Waals surface area (Å²) in [6.45, 7) is 1.25. The molecule has 31 heavy (non-hydrogen) atoms. The van der Waals surface area contributed by atoms with Crippen molar-refractivity contribution in [2.24, 2.45) is 7.05 Å². The van der Waals surface area contributed by atoms with Crippen molar-refractivity contribution in [3.8, 4) is 16.9 Å². The zero-order chi connectivity index (χ0) is 21.7. The van der Waals surface area contributed by atoms with Gasteiger partial charge in [-0.25, -0.2) is 0 Å². The highest BCUT2D eigenvalue weighted by atomic mass is 16.5. The van der Waals surface area contributed by atoms with Gasteiger partial charge in [0.05, 0.1) is 16.8 Å². The number of para-hydroxylation sites is 1. The van der Waals surface area contributed by atoms with Gasteiger partial charge in [-0.15, -0.1) is 0 Å². The number of hydrogen-bond acceptors (Lipinski definition) is 5. The summed E-state index contributed by atoms with van der Waals surface area (Å²) in [4.78, 5) is 38.5. The second kappa shape index (κ2) is 6.95. The van der Waals surface area contributed by atoms with E-state index in [1.165, 1.54) is 11.5 Å². The molecule has 6 nitrogen and oxygen atoms in total. The van der Waals surface area contributed by atoms with Crippen LogP contribution >= 0.6 is 0 Å². The number of hydrogen-bond donors (Lipinski definition) is 1. The maximum absolute atomic E-state index is 13.6. The van der Waals surface area contributed by atoms with Gasteiger partial charge in [0.25, 0.3) is 5.56 Å². The second-order valence-electron chi connectivity index (χ2n) is 7.41. The average molecular weight is 410 g/mol. The smallest absolute Gasteiger partial charge is 0.308 e. The van der Waals surface area contributed by atoms with Crippen LogP contribution in [0.2, 0.25) is 0 Å². The number of benzene rings is 3. The fourth-order valence-electron chi connectivity index (χ4n) is 4.15. The van der Waals surface area contributed by atoms with Gasteiger partial charge in [-0.2, -0.15) is 0 Å². The minimum Gasteiger partial charge on any atom is -0.420 e. The molecule has 0 saturated heterocycles. The molecule has 1 N–H and O–H groups in total. The highest BCUT2D eigenvalue weighted by Gasteiger charge is 2.32. The Morgan fingerprint density at radius 1 is 0.871 bits per heavy atom. The molecular weight excluding hydrogens is 392 g/mol. The van der Waals surface area contributed by atoms with Gasteiger partial charge in [0, 0.05) is 36.2 Å². The summed E-state index contributed by atoms with van der Waals surface area (Å²) in [5.74, 6) is -0.817. The van der Waals surface area contributed by atoms with Crippen LogP contribution in [0.5, 0.6) is 5.75 Å². The van der Waals surface area contributed by atoms with E-state index in [0.717, 1.165) is 5.69 Å². The topological polar surface area (TPSA) is 77.4 Å². The van der Waals surface area contributed by atoms with Crippen molar-refractivity contribution in [1.29, 1.82) is 0 Å². The Balaban J connectivity index is 1.93. The van der Waals surface area contributed by atoms with Gasteiger partial charge in [0.2, 0.25) is 5.75 Å². The predicted octanol–water partition coefficient (Wildman–Crippen LogP) is 4.42. The number of fused-ring (bicyclic) bond motifs is 2. The summed E-state index contributed by atoms with van der Waals surface area (Å²) >= 11 is 0. The molecule has 152 valence electrons. The molecule has 5 rings (SSSR count). The normalized spacial score (nSPS) is 11.9. The molecule has 4 aromatic rings. The van der Waals surface area contributed by atoms with Crippen molar-refractivity contribution in [3.63, 3.8) is 0 Å². The summed E-state index contributed by atoms with van der Waals surface area (Å²) in [6, 6.07) is 20.2. The van der Waals surface area contributed by atoms with Crippen LogP contribution in [0.3, 0.4) is 0 Å². The number of ether oxygens (including phenoxy) is 1. The Bertz CT molecular complexity index is 1450. The van der Waals surface area contributed by atoms with Crippen LogP contribution in [0.1, 0.15) is 22.8 Å². The van der Waals surface area contributed by atoms with Crippen molar-refractivity contribution in [3.05, 3.63) is 88.2 Å². The summed E-state index contributed by atoms with van der Waals surface area (Å²) < 4.78 is 6.80. The molecule has 0 fully saturated rings. The molecule has 0 unspecified atom stereocenters. The van der Waals surface area contributed by atoms with Crippen LogP contribution in [0.4, 0.5) is 11.4 Å². The summed E-state index contributed by atoms with van der Waals surface area (Å²) in [5, 5.41) is 3.90. The van der Waals surface area contributed by atoms with Gasteiger partial charge in [-0.3, -0.25) is 14.4 Å². The molecule has 0 aliphatic heterocycles. The van der Waals surface area contributed by atoms with Gasteiger partial charge in [-0.1, -0.05) is 42.5 Å². The maximum Gasteiger partial charge on any atom is 0.308 e. The van der Waals surface area contributed by atoms with Crippen molar-refractivity contribution in [2.75, 3.05) is 5.32 Å². The lowest BCUT2D eigenvalue weighted by molar-refractivity contribution is -0.131. The van der Waals surface area contributed by atoms with Crippen molar-refractivity contribution < 1.29 is 14.3 Å². The van der Waals surface area contributed by atoms with E-state index in [2.05, 4.69) is 5.32 Å². The number of rotatable bonds is 3. The molecule has 0 atom stereocenters. The lowest BCUT2D eigenvalue weighted by atomic mass is 9.82. The number of nitrogens with one attached hydrogen (secondary N) is 1. The van der Waals surface area contributed by atoms with E-state index in [1.807, 2.05) is 30.3 Å². The number of nitrogens with zero attached hydrogens (tertiary/aromatic N) is 1. The minimum absolute atomic E-state index is 0.0689. The number of aromatic nitrogens is 1. The first-order valence-electron chi connectivity index (χ1n) is 9.81. The molecule has 0 bridgehead atoms. The van der Waals surface area contributed by atoms with Gasteiger partial charge in [-0.05, 0) is 29.8 Å². The van der Waals surface area contributed by atoms with Crippen molar-refractivity contribution in [2.45, 2.75) is 6.92 Å². The van der Waals surface area contributed by atoms with Crippen LogP contribution in [-0.4, -0.2) is 16.3 Å². The van der Waals surface area contributed by atoms with Gasteiger partial charge in [0.1, 0.15) is 0 Å². The van der Waals surface area contributed by atoms with E-state index in [9.17, 15) is 14.4 Å². The highest BCUT2D eigenvalue weighted by Crippen LogP contribution is 2.45. The first-order valence-corrected chi connectivity index (χ1v) is 9.81. The molecule has 6 heteroatoms. The standard InChI is InChI=1S/C25H18N2O4/c1-14(28)31-24-20-16-10-6-7-11-17(16)23(29)21-18(26-15-8-4-3-5-9-15)12-13-19(22(20)21)27(2)25(24)30/h3-13,26H,1-2H3. The minimum atomic E-state index is -0.595. The molecule has 1 aliphatic rings. The number of carbonyl (C=O) groups excluding carboxylic acids is 2. The molecule has 1 aliphatic carbocycles. The Morgan fingerprint density at radius 3 is 2.26 bits per heavy atom. The van der Waals surface area contributed by atoms with E-state index in [1.54, 1.807) is 43.4 Å². The molecule has 0 amide bonds. The van der Waals surface area contributed by atoms with E-state index >= 15 is 0 Å². The number of aryl methyl sites for hydroxylation is 1. The van der Waals surface area contributed by atoms with Gasteiger partial charge >= 0.3 is 5.97 Å². The molecule has 3 aromatic carbocycles. The third-order valence-electron chi connectivity index (χ3n) is 5.49. The zero-order valence-electron chi connectivity index (χ0n) is 16.9. The molecule has 0 spiro atoms. The van der Waals surface area contributed by atoms with E-state index in [0.29, 0.717) is 38.8 Å². The molecule has 1 heterocycles. The first kappa shape index (κ1) is 18.8. The Hall–Kier alpha value is -4.19. The Kier molecular flexibility index (Phi) is 4.22. The van der Waals surface area contributed by atoms with Crippen LogP contribution in [0, 0.1) is 0 Å². The predicted molar refractivity (Wildman–Crippen MR) is 119 cm³/mol.